The van der Waals surface area contributed by atoms with Gasteiger partial charge in [0, 0.05) is 11.4 Å². The van der Waals surface area contributed by atoms with Crippen molar-refractivity contribution in [2.75, 3.05) is 12.3 Å². The Morgan fingerprint density at radius 3 is 2.80 bits per heavy atom. The van der Waals surface area contributed by atoms with Crippen molar-refractivity contribution >= 4 is 17.7 Å². The Morgan fingerprint density at radius 2 is 2.13 bits per heavy atom. The van der Waals surface area contributed by atoms with Gasteiger partial charge in [0.1, 0.15) is 0 Å². The Bertz CT molecular complexity index is 325. The molecule has 3 heteroatoms. The predicted molar refractivity (Wildman–Crippen MR) is 65.2 cm³/mol. The smallest absolute Gasteiger partial charge is 0.230 e. The topological polar surface area (TPSA) is 29.1 Å². The van der Waals surface area contributed by atoms with Gasteiger partial charge in [-0.15, -0.1) is 11.8 Å². The molecule has 1 amide bonds. The fourth-order valence-electron chi connectivity index (χ4n) is 1.18. The highest BCUT2D eigenvalue weighted by Gasteiger charge is 2.02. The van der Waals surface area contributed by atoms with Crippen LogP contribution in [0.1, 0.15) is 18.9 Å². The summed E-state index contributed by atoms with van der Waals surface area (Å²) in [5.74, 6) is 0.621. The van der Waals surface area contributed by atoms with Crippen LogP contribution in [0, 0.1) is 6.92 Å². The highest BCUT2D eigenvalue weighted by atomic mass is 32.2. The minimum Gasteiger partial charge on any atom is -0.355 e. The van der Waals surface area contributed by atoms with E-state index in [1.54, 1.807) is 11.8 Å². The van der Waals surface area contributed by atoms with E-state index < -0.39 is 0 Å². The van der Waals surface area contributed by atoms with Gasteiger partial charge in [0.05, 0.1) is 5.75 Å². The van der Waals surface area contributed by atoms with Crippen LogP contribution in [-0.4, -0.2) is 18.2 Å². The Balaban J connectivity index is 2.37. The zero-order valence-electron chi connectivity index (χ0n) is 9.25. The van der Waals surface area contributed by atoms with Crippen LogP contribution in [0.4, 0.5) is 0 Å². The summed E-state index contributed by atoms with van der Waals surface area (Å²) < 4.78 is 0. The van der Waals surface area contributed by atoms with Crippen molar-refractivity contribution in [1.82, 2.24) is 5.32 Å². The number of amides is 1. The van der Waals surface area contributed by atoms with E-state index in [0.717, 1.165) is 13.0 Å². The van der Waals surface area contributed by atoms with Gasteiger partial charge in [-0.3, -0.25) is 4.79 Å². The molecule has 1 N–H and O–H groups in total. The molecule has 0 heterocycles. The van der Waals surface area contributed by atoms with Crippen molar-refractivity contribution in [3.8, 4) is 0 Å². The molecule has 0 aliphatic carbocycles. The van der Waals surface area contributed by atoms with Gasteiger partial charge in [0.2, 0.25) is 5.91 Å². The summed E-state index contributed by atoms with van der Waals surface area (Å²) in [5.41, 5.74) is 1.23. The molecule has 0 radical (unpaired) electrons. The standard InChI is InChI=1S/C12H17NOS/c1-3-8-13-12(14)9-15-11-7-5-4-6-10(11)2/h4-7H,3,8-9H2,1-2H3,(H,13,14). The molecule has 15 heavy (non-hydrogen) atoms. The highest BCUT2D eigenvalue weighted by Crippen LogP contribution is 2.21. The molecule has 0 atom stereocenters. The van der Waals surface area contributed by atoms with Crippen molar-refractivity contribution < 1.29 is 4.79 Å². The largest absolute Gasteiger partial charge is 0.355 e. The molecule has 0 unspecified atom stereocenters. The molecular weight excluding hydrogens is 206 g/mol. The maximum atomic E-state index is 11.4. The van der Waals surface area contributed by atoms with E-state index >= 15 is 0 Å². The van der Waals surface area contributed by atoms with E-state index in [4.69, 9.17) is 0 Å². The van der Waals surface area contributed by atoms with Crippen LogP contribution in [0.2, 0.25) is 0 Å². The second-order valence-electron chi connectivity index (χ2n) is 3.40. The summed E-state index contributed by atoms with van der Waals surface area (Å²) in [6.07, 6.45) is 0.987. The van der Waals surface area contributed by atoms with Crippen LogP contribution >= 0.6 is 11.8 Å². The van der Waals surface area contributed by atoms with Crippen molar-refractivity contribution in [1.29, 1.82) is 0 Å². The van der Waals surface area contributed by atoms with Crippen molar-refractivity contribution in [3.63, 3.8) is 0 Å². The van der Waals surface area contributed by atoms with Crippen molar-refractivity contribution in [2.24, 2.45) is 0 Å². The molecule has 1 aromatic rings. The number of benzene rings is 1. The Hall–Kier alpha value is -0.960. The zero-order valence-corrected chi connectivity index (χ0v) is 10.1. The minimum atomic E-state index is 0.116. The summed E-state index contributed by atoms with van der Waals surface area (Å²) in [7, 11) is 0. The van der Waals surface area contributed by atoms with Gasteiger partial charge in [-0.05, 0) is 25.0 Å². The summed E-state index contributed by atoms with van der Waals surface area (Å²) in [4.78, 5) is 12.5. The molecule has 0 fully saturated rings. The first kappa shape index (κ1) is 12.1. The molecule has 0 aliphatic heterocycles. The molecule has 2 nitrogen and oxygen atoms in total. The molecule has 0 aliphatic rings. The summed E-state index contributed by atoms with van der Waals surface area (Å²) in [5, 5.41) is 2.86. The Kier molecular flexibility index (Phi) is 5.26. The monoisotopic (exact) mass is 223 g/mol. The van der Waals surface area contributed by atoms with Crippen LogP contribution in [0.25, 0.3) is 0 Å². The van der Waals surface area contributed by atoms with Gasteiger partial charge in [-0.2, -0.15) is 0 Å². The van der Waals surface area contributed by atoms with Gasteiger partial charge in [-0.25, -0.2) is 0 Å². The molecule has 0 saturated carbocycles. The lowest BCUT2D eigenvalue weighted by atomic mass is 10.2. The zero-order chi connectivity index (χ0) is 11.1. The van der Waals surface area contributed by atoms with E-state index in [1.807, 2.05) is 18.2 Å². The normalized spacial score (nSPS) is 10.0. The first-order valence-electron chi connectivity index (χ1n) is 5.19. The molecule has 0 aromatic heterocycles. The van der Waals surface area contributed by atoms with Crippen LogP contribution in [0.5, 0.6) is 0 Å². The molecule has 1 rings (SSSR count). The summed E-state index contributed by atoms with van der Waals surface area (Å²) in [6.45, 7) is 4.88. The number of aryl methyl sites for hydroxylation is 1. The number of carbonyl (C=O) groups excluding carboxylic acids is 1. The van der Waals surface area contributed by atoms with Crippen LogP contribution in [0.3, 0.4) is 0 Å². The average Bonchev–Trinajstić information content (AvgIpc) is 2.25. The number of rotatable bonds is 5. The molecule has 0 bridgehead atoms. The van der Waals surface area contributed by atoms with Gasteiger partial charge in [0.25, 0.3) is 0 Å². The van der Waals surface area contributed by atoms with E-state index in [1.165, 1.54) is 10.5 Å². The summed E-state index contributed by atoms with van der Waals surface area (Å²) >= 11 is 1.59. The van der Waals surface area contributed by atoms with E-state index in [-0.39, 0.29) is 5.91 Å². The lowest BCUT2D eigenvalue weighted by molar-refractivity contribution is -0.118. The first-order valence-corrected chi connectivity index (χ1v) is 6.17. The van der Waals surface area contributed by atoms with E-state index in [2.05, 4.69) is 25.2 Å². The predicted octanol–water partition coefficient (Wildman–Crippen LogP) is 2.61. The molecule has 0 saturated heterocycles. The Labute approximate surface area is 95.5 Å². The van der Waals surface area contributed by atoms with E-state index in [9.17, 15) is 4.79 Å². The number of nitrogens with one attached hydrogen (secondary N) is 1. The quantitative estimate of drug-likeness (QED) is 0.777. The second kappa shape index (κ2) is 6.51. The minimum absolute atomic E-state index is 0.116. The van der Waals surface area contributed by atoms with Crippen molar-refractivity contribution in [3.05, 3.63) is 29.8 Å². The maximum absolute atomic E-state index is 11.4. The number of thioether (sulfide) groups is 1. The number of carbonyl (C=O) groups is 1. The van der Waals surface area contributed by atoms with Crippen LogP contribution < -0.4 is 5.32 Å². The fourth-order valence-corrected chi connectivity index (χ4v) is 2.04. The van der Waals surface area contributed by atoms with Crippen molar-refractivity contribution in [2.45, 2.75) is 25.2 Å². The third kappa shape index (κ3) is 4.38. The SMILES string of the molecule is CCCNC(=O)CSc1ccccc1C. The molecule has 82 valence electrons. The van der Waals surface area contributed by atoms with Crippen LogP contribution in [-0.2, 0) is 4.79 Å². The Morgan fingerprint density at radius 1 is 1.40 bits per heavy atom. The number of hydrogen-bond acceptors (Lipinski definition) is 2. The molecule has 0 spiro atoms. The lowest BCUT2D eigenvalue weighted by Gasteiger charge is -2.05. The molecule has 1 aromatic carbocycles. The third-order valence-electron chi connectivity index (χ3n) is 2.02. The number of hydrogen-bond donors (Lipinski definition) is 1. The van der Waals surface area contributed by atoms with Gasteiger partial charge >= 0.3 is 0 Å². The summed E-state index contributed by atoms with van der Waals surface area (Å²) in [6, 6.07) is 8.12. The van der Waals surface area contributed by atoms with Gasteiger partial charge in [-0.1, -0.05) is 25.1 Å². The van der Waals surface area contributed by atoms with Gasteiger partial charge in [0.15, 0.2) is 0 Å². The lowest BCUT2D eigenvalue weighted by Crippen LogP contribution is -2.25. The second-order valence-corrected chi connectivity index (χ2v) is 4.42. The highest BCUT2D eigenvalue weighted by molar-refractivity contribution is 8.00. The fraction of sp³-hybridized carbons (Fsp3) is 0.417. The molecular formula is C12H17NOS. The maximum Gasteiger partial charge on any atom is 0.230 e. The van der Waals surface area contributed by atoms with Gasteiger partial charge < -0.3 is 5.32 Å². The third-order valence-corrected chi connectivity index (χ3v) is 3.20. The van der Waals surface area contributed by atoms with E-state index in [0.29, 0.717) is 5.75 Å². The average molecular weight is 223 g/mol. The van der Waals surface area contributed by atoms with Crippen LogP contribution in [0.15, 0.2) is 29.2 Å². The first-order chi connectivity index (χ1) is 7.24.